The number of hydrogen-bond donors (Lipinski definition) is 2. The van der Waals surface area contributed by atoms with Gasteiger partial charge in [-0.2, -0.15) is 5.10 Å². The number of rotatable bonds is 5. The average Bonchev–Trinajstić information content (AvgIpc) is 3.22. The largest absolute Gasteiger partial charge is 0.395 e. The van der Waals surface area contributed by atoms with Gasteiger partial charge in [0.2, 0.25) is 11.8 Å². The van der Waals surface area contributed by atoms with Crippen LogP contribution in [0.15, 0.2) is 12.4 Å². The molecule has 0 unspecified atom stereocenters. The van der Waals surface area contributed by atoms with E-state index in [4.69, 9.17) is 0 Å². The summed E-state index contributed by atoms with van der Waals surface area (Å²) in [6, 6.07) is 0.160. The summed E-state index contributed by atoms with van der Waals surface area (Å²) in [5, 5.41) is 17.0. The topological polar surface area (TPSA) is 70.4 Å². The lowest BCUT2D eigenvalue weighted by atomic mass is 9.91. The average molecular weight is 368 g/mol. The maximum absolute atomic E-state index is 13.4. The van der Waals surface area contributed by atoms with Crippen LogP contribution >= 0.6 is 0 Å². The Kier molecular flexibility index (Phi) is 4.73. The Morgan fingerprint density at radius 2 is 2.00 bits per heavy atom. The number of carbonyl (C=O) groups is 1. The first-order valence-corrected chi connectivity index (χ1v) is 9.54. The van der Waals surface area contributed by atoms with E-state index in [9.17, 15) is 18.7 Å². The van der Waals surface area contributed by atoms with E-state index in [-0.39, 0.29) is 49.4 Å². The lowest BCUT2D eigenvalue weighted by molar-refractivity contribution is -0.117. The van der Waals surface area contributed by atoms with E-state index < -0.39 is 5.92 Å². The van der Waals surface area contributed by atoms with Gasteiger partial charge in [-0.1, -0.05) is 0 Å². The summed E-state index contributed by atoms with van der Waals surface area (Å²) in [7, 11) is 0. The van der Waals surface area contributed by atoms with Gasteiger partial charge in [-0.25, -0.2) is 8.78 Å². The van der Waals surface area contributed by atoms with Crippen molar-refractivity contribution in [3.8, 4) is 0 Å². The molecule has 2 saturated carbocycles. The van der Waals surface area contributed by atoms with Crippen LogP contribution in [0.25, 0.3) is 0 Å². The fourth-order valence-electron chi connectivity index (χ4n) is 4.28. The Balaban J connectivity index is 1.39. The second-order valence-corrected chi connectivity index (χ2v) is 7.98. The summed E-state index contributed by atoms with van der Waals surface area (Å²) < 4.78 is 28.7. The maximum atomic E-state index is 13.4. The van der Waals surface area contributed by atoms with Crippen LogP contribution < -0.4 is 5.32 Å². The molecule has 4 rings (SSSR count). The number of halogens is 2. The van der Waals surface area contributed by atoms with E-state index in [2.05, 4.69) is 15.3 Å². The summed E-state index contributed by atoms with van der Waals surface area (Å²) in [5.41, 5.74) is 0.693. The van der Waals surface area contributed by atoms with E-state index in [1.807, 2.05) is 10.9 Å². The molecule has 8 heteroatoms. The second-order valence-electron chi connectivity index (χ2n) is 7.98. The van der Waals surface area contributed by atoms with E-state index in [1.165, 1.54) is 0 Å². The van der Waals surface area contributed by atoms with Gasteiger partial charge < -0.3 is 10.4 Å². The molecule has 0 radical (unpaired) electrons. The maximum Gasteiger partial charge on any atom is 0.248 e. The molecule has 6 nitrogen and oxygen atoms in total. The van der Waals surface area contributed by atoms with Crippen molar-refractivity contribution in [3.05, 3.63) is 12.4 Å². The molecular weight excluding hydrogens is 342 g/mol. The molecule has 0 spiro atoms. The van der Waals surface area contributed by atoms with Crippen LogP contribution in [0, 0.1) is 5.92 Å². The van der Waals surface area contributed by atoms with Crippen LogP contribution in [0.3, 0.4) is 0 Å². The Morgan fingerprint density at radius 1 is 1.27 bits per heavy atom. The molecule has 2 heterocycles. The molecule has 2 atom stereocenters. The van der Waals surface area contributed by atoms with Gasteiger partial charge in [0.1, 0.15) is 0 Å². The molecule has 144 valence electrons. The molecule has 1 amide bonds. The SMILES string of the molecule is O=C(Nc1cnn([C@H]2C[C@@H](CO)N(C3CCC(F)(F)CC3)C2)c1)C1CC1. The third-order valence-corrected chi connectivity index (χ3v) is 5.99. The number of amides is 1. The summed E-state index contributed by atoms with van der Waals surface area (Å²) >= 11 is 0. The number of carbonyl (C=O) groups excluding carboxylic acids is 1. The van der Waals surface area contributed by atoms with Crippen LogP contribution in [0.4, 0.5) is 14.5 Å². The summed E-state index contributed by atoms with van der Waals surface area (Å²) in [6.45, 7) is 0.717. The minimum absolute atomic E-state index is 0.0228. The first-order chi connectivity index (χ1) is 12.4. The van der Waals surface area contributed by atoms with Crippen molar-refractivity contribution in [2.24, 2.45) is 5.92 Å². The standard InChI is InChI=1S/C18H26F2N4O2/c19-18(20)5-3-14(4-6-18)23-10-15(7-16(23)11-25)24-9-13(8-21-24)22-17(26)12-1-2-12/h8-9,12,14-16,25H,1-7,10-11H2,(H,22,26)/t15-,16-/m0/s1. The van der Waals surface area contributed by atoms with Gasteiger partial charge >= 0.3 is 0 Å². The molecule has 0 aromatic carbocycles. The van der Waals surface area contributed by atoms with Gasteiger partial charge in [-0.3, -0.25) is 14.4 Å². The number of nitrogens with zero attached hydrogens (tertiary/aromatic N) is 3. The van der Waals surface area contributed by atoms with Crippen molar-refractivity contribution in [2.45, 2.75) is 69.0 Å². The molecule has 26 heavy (non-hydrogen) atoms. The lowest BCUT2D eigenvalue weighted by Gasteiger charge is -2.37. The van der Waals surface area contributed by atoms with Crippen molar-refractivity contribution in [2.75, 3.05) is 18.5 Å². The second kappa shape index (κ2) is 6.88. The molecule has 1 aliphatic heterocycles. The monoisotopic (exact) mass is 368 g/mol. The third-order valence-electron chi connectivity index (χ3n) is 5.99. The normalized spacial score (nSPS) is 29.8. The van der Waals surface area contributed by atoms with Gasteiger partial charge in [0.15, 0.2) is 0 Å². The summed E-state index contributed by atoms with van der Waals surface area (Å²) in [5.74, 6) is -2.35. The van der Waals surface area contributed by atoms with Gasteiger partial charge in [0.25, 0.3) is 0 Å². The molecule has 3 aliphatic rings. The smallest absolute Gasteiger partial charge is 0.248 e. The predicted molar refractivity (Wildman–Crippen MR) is 92.0 cm³/mol. The zero-order valence-electron chi connectivity index (χ0n) is 14.8. The van der Waals surface area contributed by atoms with Crippen LogP contribution in [-0.4, -0.2) is 56.9 Å². The highest BCUT2D eigenvalue weighted by Crippen LogP contribution is 2.39. The number of aromatic nitrogens is 2. The van der Waals surface area contributed by atoms with E-state index in [1.54, 1.807) is 6.20 Å². The highest BCUT2D eigenvalue weighted by Gasteiger charge is 2.42. The van der Waals surface area contributed by atoms with Gasteiger partial charge in [-0.05, 0) is 32.1 Å². The third kappa shape index (κ3) is 3.76. The number of hydrogen-bond acceptors (Lipinski definition) is 4. The number of likely N-dealkylation sites (tertiary alicyclic amines) is 1. The Labute approximate surface area is 151 Å². The van der Waals surface area contributed by atoms with Crippen LogP contribution in [0.2, 0.25) is 0 Å². The quantitative estimate of drug-likeness (QED) is 0.837. The number of anilines is 1. The van der Waals surface area contributed by atoms with Crippen molar-refractivity contribution in [3.63, 3.8) is 0 Å². The van der Waals surface area contributed by atoms with Gasteiger partial charge in [0, 0.05) is 43.6 Å². The van der Waals surface area contributed by atoms with E-state index >= 15 is 0 Å². The molecule has 1 aromatic rings. The number of alkyl halides is 2. The number of aliphatic hydroxyl groups excluding tert-OH is 1. The van der Waals surface area contributed by atoms with Gasteiger partial charge in [-0.15, -0.1) is 0 Å². The van der Waals surface area contributed by atoms with Crippen molar-refractivity contribution in [1.29, 1.82) is 0 Å². The number of nitrogens with one attached hydrogen (secondary N) is 1. The summed E-state index contributed by atoms with van der Waals surface area (Å²) in [4.78, 5) is 14.0. The Morgan fingerprint density at radius 3 is 2.65 bits per heavy atom. The van der Waals surface area contributed by atoms with Crippen LogP contribution in [-0.2, 0) is 4.79 Å². The van der Waals surface area contributed by atoms with E-state index in [0.717, 1.165) is 19.3 Å². The van der Waals surface area contributed by atoms with E-state index in [0.29, 0.717) is 25.1 Å². The first-order valence-electron chi connectivity index (χ1n) is 9.54. The molecule has 1 saturated heterocycles. The van der Waals surface area contributed by atoms with Crippen LogP contribution in [0.5, 0.6) is 0 Å². The lowest BCUT2D eigenvalue weighted by Crippen LogP contribution is -2.44. The van der Waals surface area contributed by atoms with Gasteiger partial charge in [0.05, 0.1) is 24.5 Å². The Hall–Kier alpha value is -1.54. The van der Waals surface area contributed by atoms with Crippen LogP contribution in [0.1, 0.15) is 51.0 Å². The highest BCUT2D eigenvalue weighted by molar-refractivity contribution is 5.93. The fourth-order valence-corrected chi connectivity index (χ4v) is 4.28. The zero-order valence-corrected chi connectivity index (χ0v) is 14.8. The first kappa shape index (κ1) is 17.9. The minimum atomic E-state index is -2.54. The van der Waals surface area contributed by atoms with Crippen molar-refractivity contribution in [1.82, 2.24) is 14.7 Å². The molecule has 1 aromatic heterocycles. The highest BCUT2D eigenvalue weighted by atomic mass is 19.3. The molecule has 2 N–H and O–H groups in total. The molecule has 3 fully saturated rings. The zero-order chi connectivity index (χ0) is 18.3. The van der Waals surface area contributed by atoms with Crippen molar-refractivity contribution < 1.29 is 18.7 Å². The Bertz CT molecular complexity index is 651. The molecule has 2 aliphatic carbocycles. The minimum Gasteiger partial charge on any atom is -0.395 e. The fraction of sp³-hybridized carbons (Fsp3) is 0.778. The predicted octanol–water partition coefficient (Wildman–Crippen LogP) is 2.42. The molecule has 0 bridgehead atoms. The number of aliphatic hydroxyl groups is 1. The molecular formula is C18H26F2N4O2. The van der Waals surface area contributed by atoms with Crippen molar-refractivity contribution >= 4 is 11.6 Å². The summed E-state index contributed by atoms with van der Waals surface area (Å²) in [6.07, 6.45) is 6.92.